The SMILES string of the molecule is COC(CC(C)[C@@H](C)C(=O)O)OC. The molecule has 13 heavy (non-hydrogen) atoms. The minimum atomic E-state index is -0.779. The van der Waals surface area contributed by atoms with Crippen molar-refractivity contribution in [2.24, 2.45) is 11.8 Å². The van der Waals surface area contributed by atoms with E-state index in [1.165, 1.54) is 0 Å². The second-order valence-electron chi connectivity index (χ2n) is 3.24. The Bertz CT molecular complexity index is 154. The molecule has 0 fully saturated rings. The van der Waals surface area contributed by atoms with E-state index in [0.29, 0.717) is 6.42 Å². The molecule has 78 valence electrons. The molecule has 4 heteroatoms. The number of rotatable bonds is 6. The molecule has 2 atom stereocenters. The average Bonchev–Trinajstić information content (AvgIpc) is 2.12. The number of ether oxygens (including phenoxy) is 2. The predicted molar refractivity (Wildman–Crippen MR) is 48.4 cm³/mol. The van der Waals surface area contributed by atoms with Crippen LogP contribution in [0.5, 0.6) is 0 Å². The number of carboxylic acid groups (broad SMARTS) is 1. The maximum atomic E-state index is 10.6. The number of hydrogen-bond acceptors (Lipinski definition) is 3. The van der Waals surface area contributed by atoms with Gasteiger partial charge in [-0.1, -0.05) is 13.8 Å². The normalized spacial score (nSPS) is 15.8. The summed E-state index contributed by atoms with van der Waals surface area (Å²) in [6.45, 7) is 3.57. The quantitative estimate of drug-likeness (QED) is 0.642. The molecule has 0 spiro atoms. The monoisotopic (exact) mass is 190 g/mol. The molecule has 0 saturated heterocycles. The fourth-order valence-electron chi connectivity index (χ4n) is 1.04. The van der Waals surface area contributed by atoms with Crippen LogP contribution >= 0.6 is 0 Å². The Kier molecular flexibility index (Phi) is 5.66. The molecule has 0 heterocycles. The number of aliphatic carboxylic acids is 1. The molecule has 0 aliphatic rings. The van der Waals surface area contributed by atoms with Gasteiger partial charge in [0.25, 0.3) is 0 Å². The Morgan fingerprint density at radius 1 is 1.31 bits per heavy atom. The van der Waals surface area contributed by atoms with Crippen molar-refractivity contribution in [2.75, 3.05) is 14.2 Å². The zero-order chi connectivity index (χ0) is 10.4. The first-order valence-corrected chi connectivity index (χ1v) is 4.31. The van der Waals surface area contributed by atoms with Gasteiger partial charge in [0.1, 0.15) is 0 Å². The fraction of sp³-hybridized carbons (Fsp3) is 0.889. The van der Waals surface area contributed by atoms with E-state index in [0.717, 1.165) is 0 Å². The highest BCUT2D eigenvalue weighted by atomic mass is 16.7. The van der Waals surface area contributed by atoms with Crippen molar-refractivity contribution in [3.63, 3.8) is 0 Å². The molecule has 0 aromatic heterocycles. The van der Waals surface area contributed by atoms with Gasteiger partial charge in [-0.15, -0.1) is 0 Å². The molecule has 0 rings (SSSR count). The van der Waals surface area contributed by atoms with Gasteiger partial charge in [-0.2, -0.15) is 0 Å². The minimum absolute atomic E-state index is 0.0439. The van der Waals surface area contributed by atoms with Crippen LogP contribution in [0.3, 0.4) is 0 Å². The van der Waals surface area contributed by atoms with Crippen LogP contribution in [0, 0.1) is 11.8 Å². The van der Waals surface area contributed by atoms with E-state index < -0.39 is 5.97 Å². The van der Waals surface area contributed by atoms with E-state index in [2.05, 4.69) is 0 Å². The first-order chi connectivity index (χ1) is 6.02. The van der Waals surface area contributed by atoms with Crippen LogP contribution < -0.4 is 0 Å². The molecule has 0 radical (unpaired) electrons. The molecule has 0 aromatic carbocycles. The van der Waals surface area contributed by atoms with Crippen molar-refractivity contribution >= 4 is 5.97 Å². The molecule has 1 unspecified atom stereocenters. The van der Waals surface area contributed by atoms with Crippen LogP contribution in [0.25, 0.3) is 0 Å². The number of methoxy groups -OCH3 is 2. The highest BCUT2D eigenvalue weighted by molar-refractivity contribution is 5.69. The minimum Gasteiger partial charge on any atom is -0.481 e. The van der Waals surface area contributed by atoms with Crippen LogP contribution in [0.2, 0.25) is 0 Å². The topological polar surface area (TPSA) is 55.8 Å². The molecule has 4 nitrogen and oxygen atoms in total. The second kappa shape index (κ2) is 5.94. The zero-order valence-electron chi connectivity index (χ0n) is 8.61. The molecular formula is C9H18O4. The van der Waals surface area contributed by atoms with Crippen molar-refractivity contribution < 1.29 is 19.4 Å². The summed E-state index contributed by atoms with van der Waals surface area (Å²) in [5.41, 5.74) is 0. The van der Waals surface area contributed by atoms with E-state index in [1.807, 2.05) is 6.92 Å². The fourth-order valence-corrected chi connectivity index (χ4v) is 1.04. The van der Waals surface area contributed by atoms with Gasteiger partial charge in [-0.25, -0.2) is 0 Å². The van der Waals surface area contributed by atoms with Gasteiger partial charge < -0.3 is 14.6 Å². The molecule has 1 N–H and O–H groups in total. The molecule has 0 saturated carbocycles. The lowest BCUT2D eigenvalue weighted by atomic mass is 9.93. The summed E-state index contributed by atoms with van der Waals surface area (Å²) in [7, 11) is 3.10. The standard InChI is InChI=1S/C9H18O4/c1-6(7(2)9(10)11)5-8(12-3)13-4/h6-8H,5H2,1-4H3,(H,10,11)/t6?,7-/m1/s1. The lowest BCUT2D eigenvalue weighted by molar-refractivity contribution is -0.146. The smallest absolute Gasteiger partial charge is 0.306 e. The summed E-state index contributed by atoms with van der Waals surface area (Å²) >= 11 is 0. The summed E-state index contributed by atoms with van der Waals surface area (Å²) in [5.74, 6) is -1.10. The zero-order valence-corrected chi connectivity index (χ0v) is 8.61. The van der Waals surface area contributed by atoms with Crippen molar-refractivity contribution in [3.05, 3.63) is 0 Å². The lowest BCUT2D eigenvalue weighted by Crippen LogP contribution is -2.24. The Morgan fingerprint density at radius 2 is 1.77 bits per heavy atom. The Hall–Kier alpha value is -0.610. The molecule has 0 bridgehead atoms. The van der Waals surface area contributed by atoms with Crippen LogP contribution in [-0.2, 0) is 14.3 Å². The van der Waals surface area contributed by atoms with E-state index in [4.69, 9.17) is 14.6 Å². The van der Waals surface area contributed by atoms with E-state index in [1.54, 1.807) is 21.1 Å². The van der Waals surface area contributed by atoms with Gasteiger partial charge >= 0.3 is 5.97 Å². The van der Waals surface area contributed by atoms with Crippen LogP contribution in [0.4, 0.5) is 0 Å². The van der Waals surface area contributed by atoms with Gasteiger partial charge in [0.05, 0.1) is 5.92 Å². The third-order valence-electron chi connectivity index (χ3n) is 2.33. The average molecular weight is 190 g/mol. The largest absolute Gasteiger partial charge is 0.481 e. The molecule has 0 aliphatic carbocycles. The second-order valence-corrected chi connectivity index (χ2v) is 3.24. The molecule has 0 aromatic rings. The maximum absolute atomic E-state index is 10.6. The third kappa shape index (κ3) is 4.24. The summed E-state index contributed by atoms with van der Waals surface area (Å²) < 4.78 is 9.97. The van der Waals surface area contributed by atoms with Crippen molar-refractivity contribution in [3.8, 4) is 0 Å². The van der Waals surface area contributed by atoms with Crippen molar-refractivity contribution in [2.45, 2.75) is 26.6 Å². The number of carbonyl (C=O) groups is 1. The van der Waals surface area contributed by atoms with Gasteiger partial charge in [0.2, 0.25) is 0 Å². The number of carboxylic acids is 1. The van der Waals surface area contributed by atoms with Crippen molar-refractivity contribution in [1.29, 1.82) is 0 Å². The first kappa shape index (κ1) is 12.4. The third-order valence-corrected chi connectivity index (χ3v) is 2.33. The highest BCUT2D eigenvalue weighted by Crippen LogP contribution is 2.18. The Balaban J connectivity index is 3.97. The first-order valence-electron chi connectivity index (χ1n) is 4.31. The molecule has 0 amide bonds. The number of hydrogen-bond donors (Lipinski definition) is 1. The summed E-state index contributed by atoms with van der Waals surface area (Å²) in [6, 6.07) is 0. The van der Waals surface area contributed by atoms with E-state index in [9.17, 15) is 4.79 Å². The molecule has 0 aliphatic heterocycles. The summed E-state index contributed by atoms with van der Waals surface area (Å²) in [5, 5.41) is 8.73. The lowest BCUT2D eigenvalue weighted by Gasteiger charge is -2.20. The van der Waals surface area contributed by atoms with Gasteiger partial charge in [-0.3, -0.25) is 4.79 Å². The summed E-state index contributed by atoms with van der Waals surface area (Å²) in [6.07, 6.45) is 0.289. The Labute approximate surface area is 78.8 Å². The van der Waals surface area contributed by atoms with E-state index in [-0.39, 0.29) is 18.1 Å². The van der Waals surface area contributed by atoms with Crippen LogP contribution in [-0.4, -0.2) is 31.6 Å². The van der Waals surface area contributed by atoms with Gasteiger partial charge in [0.15, 0.2) is 6.29 Å². The maximum Gasteiger partial charge on any atom is 0.306 e. The van der Waals surface area contributed by atoms with Gasteiger partial charge in [0, 0.05) is 20.6 Å². The molecular weight excluding hydrogens is 172 g/mol. The van der Waals surface area contributed by atoms with Crippen molar-refractivity contribution in [1.82, 2.24) is 0 Å². The highest BCUT2D eigenvalue weighted by Gasteiger charge is 2.22. The van der Waals surface area contributed by atoms with E-state index >= 15 is 0 Å². The van der Waals surface area contributed by atoms with Gasteiger partial charge in [-0.05, 0) is 5.92 Å². The Morgan fingerprint density at radius 3 is 2.08 bits per heavy atom. The van der Waals surface area contributed by atoms with Crippen LogP contribution in [0.1, 0.15) is 20.3 Å². The van der Waals surface area contributed by atoms with Crippen LogP contribution in [0.15, 0.2) is 0 Å². The predicted octanol–water partition coefficient (Wildman–Crippen LogP) is 1.35. The summed E-state index contributed by atoms with van der Waals surface area (Å²) in [4.78, 5) is 10.6.